The molecule has 0 bridgehead atoms. The van der Waals surface area contributed by atoms with E-state index in [4.69, 9.17) is 16.3 Å². The third-order valence-electron chi connectivity index (χ3n) is 3.16. The molecule has 4 nitrogen and oxygen atoms in total. The van der Waals surface area contributed by atoms with Crippen molar-refractivity contribution in [2.75, 3.05) is 32.6 Å². The third-order valence-corrected chi connectivity index (χ3v) is 3.95. The lowest BCUT2D eigenvalue weighted by Crippen LogP contribution is -2.19. The Labute approximate surface area is 153 Å². The van der Waals surface area contributed by atoms with E-state index in [0.717, 1.165) is 6.54 Å². The summed E-state index contributed by atoms with van der Waals surface area (Å²) in [6, 6.07) is 9.08. The Morgan fingerprint density at radius 1 is 1.29 bits per heavy atom. The number of hydrogen-bond donors (Lipinski definition) is 1. The molecule has 128 valence electrons. The molecule has 0 atom stereocenters. The summed E-state index contributed by atoms with van der Waals surface area (Å²) in [6.45, 7) is 1.26. The maximum Gasteiger partial charge on any atom is 0.258 e. The van der Waals surface area contributed by atoms with Crippen LogP contribution in [0.5, 0.6) is 5.75 Å². The molecule has 1 N–H and O–H groups in total. The molecule has 0 aliphatic carbocycles. The molecule has 7 heteroatoms. The second kappa shape index (κ2) is 8.46. The molecule has 2 aromatic rings. The van der Waals surface area contributed by atoms with Crippen molar-refractivity contribution in [3.63, 3.8) is 0 Å². The topological polar surface area (TPSA) is 41.6 Å². The highest BCUT2D eigenvalue weighted by atomic mass is 79.9. The number of anilines is 1. The molecule has 0 aromatic heterocycles. The van der Waals surface area contributed by atoms with E-state index in [9.17, 15) is 9.18 Å². The van der Waals surface area contributed by atoms with Crippen LogP contribution < -0.4 is 10.1 Å². The molecule has 0 saturated heterocycles. The first-order valence-electron chi connectivity index (χ1n) is 7.20. The van der Waals surface area contributed by atoms with Crippen LogP contribution in [0.15, 0.2) is 40.9 Å². The van der Waals surface area contributed by atoms with Crippen LogP contribution in [0.3, 0.4) is 0 Å². The zero-order chi connectivity index (χ0) is 17.7. The van der Waals surface area contributed by atoms with Gasteiger partial charge in [0.15, 0.2) is 0 Å². The van der Waals surface area contributed by atoms with Gasteiger partial charge in [0.1, 0.15) is 18.2 Å². The molecule has 0 radical (unpaired) electrons. The summed E-state index contributed by atoms with van der Waals surface area (Å²) in [4.78, 5) is 14.2. The average Bonchev–Trinajstić information content (AvgIpc) is 2.51. The van der Waals surface area contributed by atoms with Gasteiger partial charge in [-0.1, -0.05) is 27.5 Å². The molecule has 24 heavy (non-hydrogen) atoms. The van der Waals surface area contributed by atoms with Gasteiger partial charge in [0.25, 0.3) is 5.91 Å². The molecule has 0 heterocycles. The van der Waals surface area contributed by atoms with Crippen molar-refractivity contribution >= 4 is 39.1 Å². The van der Waals surface area contributed by atoms with Gasteiger partial charge in [-0.2, -0.15) is 0 Å². The number of likely N-dealkylation sites (N-methyl/N-ethyl adjacent to an activating group) is 1. The maximum absolute atomic E-state index is 13.7. The SMILES string of the molecule is CN(C)CCOc1ccc(NC(=O)c2cc(Br)ccc2F)cc1Cl. The number of nitrogens with one attached hydrogen (secondary N) is 1. The first-order chi connectivity index (χ1) is 11.4. The Balaban J connectivity index is 2.06. The van der Waals surface area contributed by atoms with Crippen LogP contribution in [-0.2, 0) is 0 Å². The van der Waals surface area contributed by atoms with Crippen molar-refractivity contribution in [1.29, 1.82) is 0 Å². The van der Waals surface area contributed by atoms with Gasteiger partial charge < -0.3 is 15.0 Å². The number of benzene rings is 2. The fourth-order valence-corrected chi connectivity index (χ4v) is 2.50. The summed E-state index contributed by atoms with van der Waals surface area (Å²) in [6.07, 6.45) is 0. The molecular weight excluding hydrogens is 399 g/mol. The van der Waals surface area contributed by atoms with Gasteiger partial charge in [0, 0.05) is 16.7 Å². The predicted octanol–water partition coefficient (Wildman–Crippen LogP) is 4.43. The van der Waals surface area contributed by atoms with Crippen molar-refractivity contribution in [2.45, 2.75) is 0 Å². The van der Waals surface area contributed by atoms with Crippen LogP contribution in [0.1, 0.15) is 10.4 Å². The van der Waals surface area contributed by atoms with Gasteiger partial charge in [0.2, 0.25) is 0 Å². The molecule has 0 aliphatic heterocycles. The Hall–Kier alpha value is -1.63. The number of halogens is 3. The summed E-state index contributed by atoms with van der Waals surface area (Å²) < 4.78 is 19.9. The lowest BCUT2D eigenvalue weighted by Gasteiger charge is -2.13. The molecule has 0 spiro atoms. The number of rotatable bonds is 6. The molecule has 0 unspecified atom stereocenters. The first-order valence-corrected chi connectivity index (χ1v) is 8.37. The first kappa shape index (κ1) is 18.7. The molecule has 1 amide bonds. The van der Waals surface area contributed by atoms with Gasteiger partial charge in [-0.3, -0.25) is 4.79 Å². The maximum atomic E-state index is 13.7. The summed E-state index contributed by atoms with van der Waals surface area (Å²) in [5, 5.41) is 3.00. The fourth-order valence-electron chi connectivity index (χ4n) is 1.90. The van der Waals surface area contributed by atoms with Gasteiger partial charge >= 0.3 is 0 Å². The van der Waals surface area contributed by atoms with Crippen LogP contribution in [-0.4, -0.2) is 38.1 Å². The van der Waals surface area contributed by atoms with Crippen molar-refractivity contribution in [3.8, 4) is 5.75 Å². The summed E-state index contributed by atoms with van der Waals surface area (Å²) in [5.74, 6) is -0.610. The average molecular weight is 416 g/mol. The zero-order valence-corrected chi connectivity index (χ0v) is 15.6. The van der Waals surface area contributed by atoms with Crippen LogP contribution >= 0.6 is 27.5 Å². The number of hydrogen-bond acceptors (Lipinski definition) is 3. The van der Waals surface area contributed by atoms with Gasteiger partial charge in [-0.05, 0) is 50.5 Å². The lowest BCUT2D eigenvalue weighted by molar-refractivity contribution is 0.102. The lowest BCUT2D eigenvalue weighted by atomic mass is 10.2. The predicted molar refractivity (Wildman–Crippen MR) is 97.6 cm³/mol. The van der Waals surface area contributed by atoms with Crippen LogP contribution in [0, 0.1) is 5.82 Å². The molecule has 0 saturated carbocycles. The monoisotopic (exact) mass is 414 g/mol. The quantitative estimate of drug-likeness (QED) is 0.759. The number of ether oxygens (including phenoxy) is 1. The van der Waals surface area contributed by atoms with E-state index in [-0.39, 0.29) is 5.56 Å². The smallest absolute Gasteiger partial charge is 0.258 e. The minimum atomic E-state index is -0.592. The van der Waals surface area contributed by atoms with Gasteiger partial charge in [0.05, 0.1) is 10.6 Å². The minimum absolute atomic E-state index is 0.0493. The highest BCUT2D eigenvalue weighted by Gasteiger charge is 2.13. The standard InChI is InChI=1S/C17H17BrClFN2O2/c1-22(2)7-8-24-16-6-4-12(10-14(16)19)21-17(23)13-9-11(18)3-5-15(13)20/h3-6,9-10H,7-8H2,1-2H3,(H,21,23). The van der Waals surface area contributed by atoms with E-state index >= 15 is 0 Å². The Morgan fingerprint density at radius 2 is 2.04 bits per heavy atom. The number of amides is 1. The van der Waals surface area contributed by atoms with E-state index in [1.165, 1.54) is 18.2 Å². The van der Waals surface area contributed by atoms with Crippen LogP contribution in [0.25, 0.3) is 0 Å². The number of carbonyl (C=O) groups excluding carboxylic acids is 1. The Bertz CT molecular complexity index is 741. The van der Waals surface area contributed by atoms with Crippen molar-refractivity contribution in [2.24, 2.45) is 0 Å². The molecule has 2 rings (SSSR count). The number of carbonyl (C=O) groups is 1. The van der Waals surface area contributed by atoms with E-state index in [2.05, 4.69) is 21.2 Å². The largest absolute Gasteiger partial charge is 0.491 e. The van der Waals surface area contributed by atoms with Crippen molar-refractivity contribution < 1.29 is 13.9 Å². The van der Waals surface area contributed by atoms with Gasteiger partial charge in [-0.25, -0.2) is 4.39 Å². The van der Waals surface area contributed by atoms with Crippen molar-refractivity contribution in [3.05, 3.63) is 57.3 Å². The minimum Gasteiger partial charge on any atom is -0.491 e. The normalized spacial score (nSPS) is 10.8. The fraction of sp³-hybridized carbons (Fsp3) is 0.235. The van der Waals surface area contributed by atoms with Crippen LogP contribution in [0.4, 0.5) is 10.1 Å². The number of nitrogens with zero attached hydrogens (tertiary/aromatic N) is 1. The van der Waals surface area contributed by atoms with E-state index in [0.29, 0.717) is 27.5 Å². The van der Waals surface area contributed by atoms with E-state index < -0.39 is 11.7 Å². The van der Waals surface area contributed by atoms with E-state index in [1.54, 1.807) is 18.2 Å². The molecule has 0 fully saturated rings. The highest BCUT2D eigenvalue weighted by molar-refractivity contribution is 9.10. The van der Waals surface area contributed by atoms with E-state index in [1.807, 2.05) is 19.0 Å². The van der Waals surface area contributed by atoms with Crippen LogP contribution in [0.2, 0.25) is 5.02 Å². The molecular formula is C17H17BrClFN2O2. The molecule has 0 aliphatic rings. The summed E-state index contributed by atoms with van der Waals surface area (Å²) in [5.41, 5.74) is 0.413. The Kier molecular flexibility index (Phi) is 6.60. The third kappa shape index (κ3) is 5.19. The Morgan fingerprint density at radius 3 is 2.71 bits per heavy atom. The van der Waals surface area contributed by atoms with Gasteiger partial charge in [-0.15, -0.1) is 0 Å². The second-order valence-electron chi connectivity index (χ2n) is 5.38. The zero-order valence-electron chi connectivity index (χ0n) is 13.3. The highest BCUT2D eigenvalue weighted by Crippen LogP contribution is 2.28. The van der Waals surface area contributed by atoms with Crippen molar-refractivity contribution in [1.82, 2.24) is 4.90 Å². The summed E-state index contributed by atoms with van der Waals surface area (Å²) in [7, 11) is 3.90. The summed E-state index contributed by atoms with van der Waals surface area (Å²) >= 11 is 9.38. The second-order valence-corrected chi connectivity index (χ2v) is 6.70. The molecule has 2 aromatic carbocycles.